The van der Waals surface area contributed by atoms with Gasteiger partial charge in [0.05, 0.1) is 29.5 Å². The van der Waals surface area contributed by atoms with Crippen molar-refractivity contribution in [3.8, 4) is 0 Å². The van der Waals surface area contributed by atoms with Crippen LogP contribution in [0.1, 0.15) is 26.4 Å². The molecular formula is C25H24N4O3S. The molecule has 1 aromatic heterocycles. The SMILES string of the molecule is O=C(NC1N=C(c2ccccc2)c2ccccc2NC1=O)c1sccc1CN1CCOCC1. The van der Waals surface area contributed by atoms with Crippen LogP contribution in [0.4, 0.5) is 5.69 Å². The first-order valence-electron chi connectivity index (χ1n) is 10.9. The molecule has 7 nitrogen and oxygen atoms in total. The quantitative estimate of drug-likeness (QED) is 0.613. The molecule has 1 saturated heterocycles. The Morgan fingerprint density at radius 3 is 2.67 bits per heavy atom. The second-order valence-electron chi connectivity index (χ2n) is 7.92. The molecule has 8 heteroatoms. The Bertz CT molecular complexity index is 1190. The summed E-state index contributed by atoms with van der Waals surface area (Å²) < 4.78 is 5.42. The summed E-state index contributed by atoms with van der Waals surface area (Å²) >= 11 is 1.38. The van der Waals surface area contributed by atoms with Gasteiger partial charge in [-0.15, -0.1) is 11.3 Å². The van der Waals surface area contributed by atoms with Crippen molar-refractivity contribution in [1.82, 2.24) is 10.2 Å². The zero-order chi connectivity index (χ0) is 22.6. The van der Waals surface area contributed by atoms with E-state index in [0.717, 1.165) is 29.8 Å². The molecule has 0 saturated carbocycles. The molecule has 2 N–H and O–H groups in total. The van der Waals surface area contributed by atoms with E-state index in [1.165, 1.54) is 11.3 Å². The largest absolute Gasteiger partial charge is 0.379 e. The molecule has 0 radical (unpaired) electrons. The lowest BCUT2D eigenvalue weighted by Gasteiger charge is -2.26. The van der Waals surface area contributed by atoms with Crippen LogP contribution in [0, 0.1) is 0 Å². The Kier molecular flexibility index (Phi) is 6.30. The Morgan fingerprint density at radius 2 is 1.85 bits per heavy atom. The van der Waals surface area contributed by atoms with E-state index in [2.05, 4.69) is 15.5 Å². The number of benzene rings is 2. The summed E-state index contributed by atoms with van der Waals surface area (Å²) in [6.45, 7) is 3.75. The van der Waals surface area contributed by atoms with Gasteiger partial charge in [-0.3, -0.25) is 14.5 Å². The Balaban J connectivity index is 1.42. The number of hydrogen-bond donors (Lipinski definition) is 2. The number of carbonyl (C=O) groups is 2. The van der Waals surface area contributed by atoms with Crippen molar-refractivity contribution >= 4 is 34.6 Å². The van der Waals surface area contributed by atoms with Crippen molar-refractivity contribution in [2.24, 2.45) is 4.99 Å². The first kappa shape index (κ1) is 21.5. The zero-order valence-electron chi connectivity index (χ0n) is 18.0. The lowest BCUT2D eigenvalue weighted by atomic mass is 10.0. The lowest BCUT2D eigenvalue weighted by Crippen LogP contribution is -2.42. The lowest BCUT2D eigenvalue weighted by molar-refractivity contribution is -0.117. The molecule has 2 aliphatic rings. The summed E-state index contributed by atoms with van der Waals surface area (Å²) in [6.07, 6.45) is -1.04. The highest BCUT2D eigenvalue weighted by molar-refractivity contribution is 7.12. The number of morpholine rings is 1. The fraction of sp³-hybridized carbons (Fsp3) is 0.240. The number of hydrogen-bond acceptors (Lipinski definition) is 6. The monoisotopic (exact) mass is 460 g/mol. The molecule has 3 heterocycles. The molecule has 168 valence electrons. The molecule has 0 aliphatic carbocycles. The molecule has 0 spiro atoms. The molecule has 3 aromatic rings. The number of rotatable bonds is 5. The molecule has 1 atom stereocenters. The third kappa shape index (κ3) is 4.73. The van der Waals surface area contributed by atoms with Gasteiger partial charge in [-0.1, -0.05) is 48.5 Å². The van der Waals surface area contributed by atoms with Gasteiger partial charge in [0.1, 0.15) is 0 Å². The molecule has 33 heavy (non-hydrogen) atoms. The minimum absolute atomic E-state index is 0.296. The highest BCUT2D eigenvalue weighted by Crippen LogP contribution is 2.24. The van der Waals surface area contributed by atoms with Crippen molar-refractivity contribution in [1.29, 1.82) is 0 Å². The number of nitrogens with zero attached hydrogens (tertiary/aromatic N) is 2. The summed E-state index contributed by atoms with van der Waals surface area (Å²) in [7, 11) is 0. The Labute approximate surface area is 196 Å². The van der Waals surface area contributed by atoms with Gasteiger partial charge in [-0.25, -0.2) is 4.99 Å². The molecule has 1 fully saturated rings. The van der Waals surface area contributed by atoms with Gasteiger partial charge in [0.25, 0.3) is 11.8 Å². The first-order chi connectivity index (χ1) is 16.2. The third-order valence-corrected chi connectivity index (χ3v) is 6.67. The zero-order valence-corrected chi connectivity index (χ0v) is 18.8. The number of anilines is 1. The molecule has 2 amide bonds. The Morgan fingerprint density at radius 1 is 1.09 bits per heavy atom. The normalized spacial score (nSPS) is 18.6. The van der Waals surface area contributed by atoms with E-state index < -0.39 is 6.17 Å². The highest BCUT2D eigenvalue weighted by Gasteiger charge is 2.28. The number of aliphatic imine (C=N–C) groups is 1. The van der Waals surface area contributed by atoms with Gasteiger partial charge >= 0.3 is 0 Å². The van der Waals surface area contributed by atoms with Gasteiger partial charge in [-0.2, -0.15) is 0 Å². The van der Waals surface area contributed by atoms with Crippen LogP contribution in [-0.4, -0.2) is 54.9 Å². The highest BCUT2D eigenvalue weighted by atomic mass is 32.1. The standard InChI is InChI=1S/C25H24N4O3S/c30-24(22-18(10-15-33-22)16-29-11-13-32-14-12-29)28-23-25(31)26-20-9-5-4-8-19(20)21(27-23)17-6-2-1-3-7-17/h1-10,15,23H,11-14,16H2,(H,26,31)(H,28,30). The summed E-state index contributed by atoms with van der Waals surface area (Å²) in [5.41, 5.74) is 3.98. The summed E-state index contributed by atoms with van der Waals surface area (Å²) in [5.74, 6) is -0.663. The van der Waals surface area contributed by atoms with E-state index in [9.17, 15) is 9.59 Å². The maximum absolute atomic E-state index is 13.2. The average Bonchev–Trinajstić information content (AvgIpc) is 3.26. The number of amides is 2. The van der Waals surface area contributed by atoms with Crippen molar-refractivity contribution in [2.45, 2.75) is 12.7 Å². The summed E-state index contributed by atoms with van der Waals surface area (Å²) in [4.78, 5) is 33.8. The van der Waals surface area contributed by atoms with Crippen molar-refractivity contribution < 1.29 is 14.3 Å². The molecule has 1 unspecified atom stereocenters. The first-order valence-corrected chi connectivity index (χ1v) is 11.8. The summed E-state index contributed by atoms with van der Waals surface area (Å²) in [5, 5.41) is 7.68. The second kappa shape index (κ2) is 9.66. The van der Waals surface area contributed by atoms with E-state index >= 15 is 0 Å². The predicted octanol–water partition coefficient (Wildman–Crippen LogP) is 3.13. The number of fused-ring (bicyclic) bond motifs is 1. The van der Waals surface area contributed by atoms with Gasteiger partial charge < -0.3 is 15.4 Å². The number of para-hydroxylation sites is 1. The van der Waals surface area contributed by atoms with Crippen molar-refractivity contribution in [2.75, 3.05) is 31.6 Å². The number of nitrogens with one attached hydrogen (secondary N) is 2. The van der Waals surface area contributed by atoms with E-state index in [0.29, 0.717) is 36.0 Å². The molecule has 2 aliphatic heterocycles. The third-order valence-electron chi connectivity index (χ3n) is 5.71. The van der Waals surface area contributed by atoms with Gasteiger partial charge in [0.15, 0.2) is 0 Å². The van der Waals surface area contributed by atoms with Crippen LogP contribution in [0.2, 0.25) is 0 Å². The van der Waals surface area contributed by atoms with Crippen LogP contribution in [-0.2, 0) is 16.1 Å². The van der Waals surface area contributed by atoms with Crippen LogP contribution in [0.5, 0.6) is 0 Å². The predicted molar refractivity (Wildman–Crippen MR) is 129 cm³/mol. The topological polar surface area (TPSA) is 83.0 Å². The van der Waals surface area contributed by atoms with E-state index in [4.69, 9.17) is 9.73 Å². The molecule has 2 aromatic carbocycles. The number of benzodiazepines with no additional fused rings is 1. The second-order valence-corrected chi connectivity index (χ2v) is 8.83. The summed E-state index contributed by atoms with van der Waals surface area (Å²) in [6, 6.07) is 19.2. The van der Waals surface area contributed by atoms with Crippen LogP contribution in [0.15, 0.2) is 71.0 Å². The Hall–Kier alpha value is -3.33. The molecule has 5 rings (SSSR count). The smallest absolute Gasteiger partial charge is 0.269 e. The maximum atomic E-state index is 13.2. The minimum Gasteiger partial charge on any atom is -0.379 e. The van der Waals surface area contributed by atoms with E-state index in [1.807, 2.05) is 66.0 Å². The minimum atomic E-state index is -1.04. The molecule has 0 bridgehead atoms. The fourth-order valence-corrected chi connectivity index (χ4v) is 4.85. The fourth-order valence-electron chi connectivity index (χ4n) is 4.03. The van der Waals surface area contributed by atoms with Crippen molar-refractivity contribution in [3.63, 3.8) is 0 Å². The van der Waals surface area contributed by atoms with Crippen molar-refractivity contribution in [3.05, 3.63) is 87.6 Å². The maximum Gasteiger partial charge on any atom is 0.269 e. The molecular weight excluding hydrogens is 436 g/mol. The number of ether oxygens (including phenoxy) is 1. The average molecular weight is 461 g/mol. The van der Waals surface area contributed by atoms with Gasteiger partial charge in [0.2, 0.25) is 6.17 Å². The van der Waals surface area contributed by atoms with E-state index in [1.54, 1.807) is 0 Å². The van der Waals surface area contributed by atoms with E-state index in [-0.39, 0.29) is 11.8 Å². The van der Waals surface area contributed by atoms with Crippen LogP contribution in [0.3, 0.4) is 0 Å². The van der Waals surface area contributed by atoms with Gasteiger partial charge in [-0.05, 0) is 23.1 Å². The van der Waals surface area contributed by atoms with Gasteiger partial charge in [0, 0.05) is 30.8 Å². The van der Waals surface area contributed by atoms with Crippen LogP contribution in [0.25, 0.3) is 0 Å². The number of thiophene rings is 1. The number of carbonyl (C=O) groups excluding carboxylic acids is 2. The van der Waals surface area contributed by atoms with Crippen LogP contribution >= 0.6 is 11.3 Å². The van der Waals surface area contributed by atoms with Crippen LogP contribution < -0.4 is 10.6 Å².